The lowest BCUT2D eigenvalue weighted by Gasteiger charge is -2.30. The molecule has 0 saturated heterocycles. The Bertz CT molecular complexity index is 1040. The number of carbonyl (C=O) groups excluding carboxylic acids is 2. The predicted molar refractivity (Wildman–Crippen MR) is 135 cm³/mol. The van der Waals surface area contributed by atoms with Crippen LogP contribution in [0.4, 0.5) is 5.69 Å². The van der Waals surface area contributed by atoms with Crippen molar-refractivity contribution in [1.29, 1.82) is 0 Å². The fourth-order valence-electron chi connectivity index (χ4n) is 4.37. The third-order valence-corrected chi connectivity index (χ3v) is 6.27. The number of carbonyl (C=O) groups is 2. The van der Waals surface area contributed by atoms with Crippen molar-refractivity contribution in [3.8, 4) is 11.5 Å². The fourth-order valence-corrected chi connectivity index (χ4v) is 4.37. The second-order valence-electron chi connectivity index (χ2n) is 8.99. The fraction of sp³-hybridized carbons (Fsp3) is 0.462. The maximum absolute atomic E-state index is 13.7. The average Bonchev–Trinajstić information content (AvgIpc) is 3.59. The highest BCUT2D eigenvalue weighted by Crippen LogP contribution is 2.40. The topological polar surface area (TPSA) is 71.1 Å². The van der Waals surface area contributed by atoms with E-state index < -0.39 is 0 Å². The first-order chi connectivity index (χ1) is 15.9. The van der Waals surface area contributed by atoms with E-state index in [2.05, 4.69) is 10.2 Å². The standard InChI is InChI=1S/C26H33N3O4.ClH/c1-5-33-23-15-18(11-12-22(23)32-4)21(13-14-28(2)3)29-16-19-7-6-8-20(24(19)26(29)31)27-25(30)17-9-10-17;/h6-8,11-12,15,17,21H,5,9-10,13-14,16H2,1-4H3,(H,27,30);1H/t21-;/m1./s1. The number of rotatable bonds is 10. The second kappa shape index (κ2) is 11.1. The molecule has 2 aliphatic rings. The van der Waals surface area contributed by atoms with E-state index >= 15 is 0 Å². The van der Waals surface area contributed by atoms with Crippen molar-refractivity contribution in [2.24, 2.45) is 5.92 Å². The molecule has 1 heterocycles. The van der Waals surface area contributed by atoms with Gasteiger partial charge in [0.05, 0.1) is 31.0 Å². The summed E-state index contributed by atoms with van der Waals surface area (Å²) in [4.78, 5) is 30.1. The molecule has 4 rings (SSSR count). The molecule has 184 valence electrons. The smallest absolute Gasteiger partial charge is 0.257 e. The number of benzene rings is 2. The minimum Gasteiger partial charge on any atom is -0.493 e. The lowest BCUT2D eigenvalue weighted by atomic mass is 10.0. The molecule has 1 atom stereocenters. The molecule has 2 aromatic rings. The molecule has 0 aromatic heterocycles. The highest BCUT2D eigenvalue weighted by Gasteiger charge is 2.37. The molecule has 0 unspecified atom stereocenters. The Morgan fingerprint density at radius 2 is 1.97 bits per heavy atom. The van der Waals surface area contributed by atoms with Crippen LogP contribution in [0.25, 0.3) is 0 Å². The van der Waals surface area contributed by atoms with Gasteiger partial charge < -0.3 is 24.6 Å². The summed E-state index contributed by atoms with van der Waals surface area (Å²) in [6, 6.07) is 11.5. The molecule has 1 saturated carbocycles. The van der Waals surface area contributed by atoms with Gasteiger partial charge in [-0.05, 0) is 76.2 Å². The van der Waals surface area contributed by atoms with Gasteiger partial charge in [-0.3, -0.25) is 9.59 Å². The number of hydrogen-bond donors (Lipinski definition) is 1. The van der Waals surface area contributed by atoms with Crippen LogP contribution in [0.2, 0.25) is 0 Å². The largest absolute Gasteiger partial charge is 0.493 e. The highest BCUT2D eigenvalue weighted by atomic mass is 35.5. The number of nitrogens with one attached hydrogen (secondary N) is 1. The maximum atomic E-state index is 13.7. The number of fused-ring (bicyclic) bond motifs is 1. The zero-order chi connectivity index (χ0) is 23.5. The van der Waals surface area contributed by atoms with Gasteiger partial charge in [0.15, 0.2) is 11.5 Å². The first-order valence-electron chi connectivity index (χ1n) is 11.6. The second-order valence-corrected chi connectivity index (χ2v) is 8.99. The summed E-state index contributed by atoms with van der Waals surface area (Å²) in [6.07, 6.45) is 2.62. The number of hydrogen-bond acceptors (Lipinski definition) is 5. The predicted octanol–water partition coefficient (Wildman–Crippen LogP) is 4.51. The van der Waals surface area contributed by atoms with Gasteiger partial charge in [-0.15, -0.1) is 12.4 Å². The van der Waals surface area contributed by atoms with E-state index in [4.69, 9.17) is 9.47 Å². The molecule has 1 N–H and O–H groups in total. The number of methoxy groups -OCH3 is 1. The zero-order valence-electron chi connectivity index (χ0n) is 20.3. The summed E-state index contributed by atoms with van der Waals surface area (Å²) in [5.74, 6) is 1.39. The van der Waals surface area contributed by atoms with Gasteiger partial charge in [0.25, 0.3) is 5.91 Å². The van der Waals surface area contributed by atoms with Crippen LogP contribution >= 0.6 is 12.4 Å². The van der Waals surface area contributed by atoms with E-state index in [-0.39, 0.29) is 36.2 Å². The third kappa shape index (κ3) is 5.47. The Morgan fingerprint density at radius 1 is 1.21 bits per heavy atom. The maximum Gasteiger partial charge on any atom is 0.257 e. The van der Waals surface area contributed by atoms with Crippen LogP contribution in [0, 0.1) is 5.92 Å². The van der Waals surface area contributed by atoms with Crippen molar-refractivity contribution in [3.63, 3.8) is 0 Å². The summed E-state index contributed by atoms with van der Waals surface area (Å²) in [6.45, 7) is 3.80. The lowest BCUT2D eigenvalue weighted by molar-refractivity contribution is -0.117. The van der Waals surface area contributed by atoms with Crippen molar-refractivity contribution >= 4 is 29.9 Å². The molecule has 1 fully saturated rings. The van der Waals surface area contributed by atoms with Crippen LogP contribution in [0.5, 0.6) is 11.5 Å². The van der Waals surface area contributed by atoms with E-state index in [9.17, 15) is 9.59 Å². The van der Waals surface area contributed by atoms with Crippen LogP contribution in [0.1, 0.15) is 53.7 Å². The van der Waals surface area contributed by atoms with E-state index in [0.717, 1.165) is 36.9 Å². The number of amides is 2. The molecule has 7 nitrogen and oxygen atoms in total. The van der Waals surface area contributed by atoms with Gasteiger partial charge in [-0.1, -0.05) is 18.2 Å². The number of anilines is 1. The molecule has 8 heteroatoms. The SMILES string of the molecule is CCOc1cc([C@@H](CCN(C)C)N2Cc3cccc(NC(=O)C4CC4)c3C2=O)ccc1OC.Cl. The molecule has 1 aliphatic carbocycles. The van der Waals surface area contributed by atoms with Gasteiger partial charge >= 0.3 is 0 Å². The molecule has 34 heavy (non-hydrogen) atoms. The summed E-state index contributed by atoms with van der Waals surface area (Å²) >= 11 is 0. The van der Waals surface area contributed by atoms with Crippen LogP contribution in [0.3, 0.4) is 0 Å². The van der Waals surface area contributed by atoms with Crippen molar-refractivity contribution in [3.05, 3.63) is 53.1 Å². The summed E-state index contributed by atoms with van der Waals surface area (Å²) in [5, 5.41) is 2.99. The third-order valence-electron chi connectivity index (χ3n) is 6.27. The Balaban J connectivity index is 0.00000324. The summed E-state index contributed by atoms with van der Waals surface area (Å²) in [5.41, 5.74) is 3.18. The van der Waals surface area contributed by atoms with E-state index in [1.165, 1.54) is 0 Å². The van der Waals surface area contributed by atoms with Gasteiger partial charge in [0, 0.05) is 12.5 Å². The van der Waals surface area contributed by atoms with Crippen molar-refractivity contribution in [2.45, 2.75) is 38.8 Å². The van der Waals surface area contributed by atoms with Crippen molar-refractivity contribution in [1.82, 2.24) is 9.80 Å². The first kappa shape index (κ1) is 25.8. The normalized spacial score (nSPS) is 15.6. The Hall–Kier alpha value is -2.77. The number of ether oxygens (including phenoxy) is 2. The quantitative estimate of drug-likeness (QED) is 0.533. The Kier molecular flexibility index (Phi) is 8.44. The monoisotopic (exact) mass is 487 g/mol. The number of halogens is 1. The molecular formula is C26H34ClN3O4. The first-order valence-corrected chi connectivity index (χ1v) is 11.6. The van der Waals surface area contributed by atoms with Gasteiger partial charge in [-0.25, -0.2) is 0 Å². The summed E-state index contributed by atoms with van der Waals surface area (Å²) < 4.78 is 11.3. The molecule has 1 aliphatic heterocycles. The van der Waals surface area contributed by atoms with Gasteiger partial charge in [0.2, 0.25) is 5.91 Å². The molecular weight excluding hydrogens is 454 g/mol. The molecule has 2 amide bonds. The van der Waals surface area contributed by atoms with Gasteiger partial charge in [0.1, 0.15) is 0 Å². The minimum absolute atomic E-state index is 0. The van der Waals surface area contributed by atoms with Gasteiger partial charge in [-0.2, -0.15) is 0 Å². The lowest BCUT2D eigenvalue weighted by Crippen LogP contribution is -2.32. The van der Waals surface area contributed by atoms with Crippen LogP contribution in [0.15, 0.2) is 36.4 Å². The van der Waals surface area contributed by atoms with E-state index in [1.54, 1.807) is 7.11 Å². The molecule has 2 aromatic carbocycles. The molecule has 0 bridgehead atoms. The average molecular weight is 488 g/mol. The zero-order valence-corrected chi connectivity index (χ0v) is 21.1. The highest BCUT2D eigenvalue weighted by molar-refractivity contribution is 6.07. The Labute approximate surface area is 207 Å². The Morgan fingerprint density at radius 3 is 2.62 bits per heavy atom. The minimum atomic E-state index is -0.135. The van der Waals surface area contributed by atoms with Crippen LogP contribution in [-0.2, 0) is 11.3 Å². The molecule has 0 spiro atoms. The van der Waals surface area contributed by atoms with Crippen LogP contribution < -0.4 is 14.8 Å². The summed E-state index contributed by atoms with van der Waals surface area (Å²) in [7, 11) is 5.69. The molecule has 0 radical (unpaired) electrons. The van der Waals surface area contributed by atoms with E-state index in [0.29, 0.717) is 35.9 Å². The van der Waals surface area contributed by atoms with Crippen molar-refractivity contribution in [2.75, 3.05) is 39.7 Å². The van der Waals surface area contributed by atoms with E-state index in [1.807, 2.05) is 62.3 Å². The van der Waals surface area contributed by atoms with Crippen LogP contribution in [-0.4, -0.2) is 56.0 Å². The van der Waals surface area contributed by atoms with Crippen molar-refractivity contribution < 1.29 is 19.1 Å². The number of nitrogens with zero attached hydrogens (tertiary/aromatic N) is 2.